The molecule has 2 aromatic rings. The molecule has 0 saturated heterocycles. The van der Waals surface area contributed by atoms with Gasteiger partial charge in [0.05, 0.1) is 23.7 Å². The molecule has 1 aromatic carbocycles. The number of pyridine rings is 1. The van der Waals surface area contributed by atoms with Crippen LogP contribution in [-0.4, -0.2) is 33.4 Å². The zero-order chi connectivity index (χ0) is 29.4. The van der Waals surface area contributed by atoms with E-state index in [-0.39, 0.29) is 65.7 Å². The van der Waals surface area contributed by atoms with Crippen LogP contribution in [0.15, 0.2) is 66.1 Å². The highest BCUT2D eigenvalue weighted by Gasteiger charge is 2.60. The van der Waals surface area contributed by atoms with Gasteiger partial charge in [-0.25, -0.2) is 9.37 Å². The number of carbonyl (C=O) groups is 1. The fourth-order valence-corrected chi connectivity index (χ4v) is 5.14. The number of aliphatic carboxylic acids is 1. The van der Waals surface area contributed by atoms with Crippen molar-refractivity contribution in [2.45, 2.75) is 52.0 Å². The SMILES string of the molecule is C=C(/C=C1/CC2C(C(=O)O)C2/C1=C/C)OCc1cc(-c2cnc(OCCC(C)(C)O)cc2C(F)(F)F)ccc1F. The molecule has 2 fully saturated rings. The number of ether oxygens (including phenoxy) is 2. The lowest BCUT2D eigenvalue weighted by Crippen LogP contribution is -2.22. The van der Waals surface area contributed by atoms with Crippen molar-refractivity contribution in [2.75, 3.05) is 6.61 Å². The zero-order valence-electron chi connectivity index (χ0n) is 22.4. The van der Waals surface area contributed by atoms with Gasteiger partial charge in [0.25, 0.3) is 0 Å². The molecule has 214 valence electrons. The van der Waals surface area contributed by atoms with E-state index in [1.54, 1.807) is 19.9 Å². The van der Waals surface area contributed by atoms with Gasteiger partial charge in [-0.1, -0.05) is 18.7 Å². The molecule has 6 nitrogen and oxygen atoms in total. The Morgan fingerprint density at radius 1 is 1.25 bits per heavy atom. The van der Waals surface area contributed by atoms with E-state index in [4.69, 9.17) is 9.47 Å². The van der Waals surface area contributed by atoms with E-state index in [9.17, 15) is 32.6 Å². The van der Waals surface area contributed by atoms with E-state index in [2.05, 4.69) is 11.6 Å². The Balaban J connectivity index is 1.49. The van der Waals surface area contributed by atoms with Crippen molar-refractivity contribution < 1.29 is 42.0 Å². The lowest BCUT2D eigenvalue weighted by Gasteiger charge is -2.18. The van der Waals surface area contributed by atoms with E-state index < -0.39 is 29.1 Å². The number of alkyl halides is 3. The molecule has 2 N–H and O–H groups in total. The third-order valence-corrected chi connectivity index (χ3v) is 7.20. The summed E-state index contributed by atoms with van der Waals surface area (Å²) in [6.07, 6.45) is 0.651. The molecule has 2 saturated carbocycles. The van der Waals surface area contributed by atoms with Gasteiger partial charge in [0.2, 0.25) is 5.88 Å². The molecular formula is C30H31F4NO5. The van der Waals surface area contributed by atoms with Gasteiger partial charge in [-0.05, 0) is 68.0 Å². The summed E-state index contributed by atoms with van der Waals surface area (Å²) < 4.78 is 67.4. The third kappa shape index (κ3) is 6.55. The average Bonchev–Trinajstić information content (AvgIpc) is 3.45. The first-order valence-electron chi connectivity index (χ1n) is 12.8. The number of aromatic nitrogens is 1. The van der Waals surface area contributed by atoms with Gasteiger partial charge >= 0.3 is 12.1 Å². The van der Waals surface area contributed by atoms with Crippen molar-refractivity contribution in [3.8, 4) is 17.0 Å². The lowest BCUT2D eigenvalue weighted by molar-refractivity contribution is -0.139. The van der Waals surface area contributed by atoms with E-state index in [0.717, 1.165) is 29.5 Å². The molecule has 40 heavy (non-hydrogen) atoms. The van der Waals surface area contributed by atoms with E-state index in [0.29, 0.717) is 6.42 Å². The minimum atomic E-state index is -4.73. The molecule has 1 aromatic heterocycles. The molecule has 0 radical (unpaired) electrons. The van der Waals surface area contributed by atoms with Gasteiger partial charge in [0, 0.05) is 35.7 Å². The first-order chi connectivity index (χ1) is 18.7. The van der Waals surface area contributed by atoms with Crippen molar-refractivity contribution in [3.63, 3.8) is 0 Å². The van der Waals surface area contributed by atoms with Crippen LogP contribution in [0.1, 0.15) is 44.7 Å². The van der Waals surface area contributed by atoms with Crippen molar-refractivity contribution >= 4 is 5.97 Å². The fourth-order valence-electron chi connectivity index (χ4n) is 5.14. The van der Waals surface area contributed by atoms with Crippen molar-refractivity contribution in [1.82, 2.24) is 4.98 Å². The van der Waals surface area contributed by atoms with Crippen molar-refractivity contribution in [2.24, 2.45) is 17.8 Å². The quantitative estimate of drug-likeness (QED) is 0.248. The summed E-state index contributed by atoms with van der Waals surface area (Å²) >= 11 is 0. The number of hydrogen-bond acceptors (Lipinski definition) is 5. The Morgan fingerprint density at radius 2 is 1.98 bits per heavy atom. The summed E-state index contributed by atoms with van der Waals surface area (Å²) in [5, 5.41) is 19.1. The van der Waals surface area contributed by atoms with Gasteiger partial charge in [-0.3, -0.25) is 4.79 Å². The number of rotatable bonds is 10. The Hall–Kier alpha value is -3.66. The van der Waals surface area contributed by atoms with E-state index in [1.807, 2.05) is 13.0 Å². The molecule has 0 amide bonds. The first kappa shape index (κ1) is 29.3. The Labute approximate surface area is 229 Å². The molecule has 3 atom stereocenters. The monoisotopic (exact) mass is 561 g/mol. The molecular weight excluding hydrogens is 530 g/mol. The Morgan fingerprint density at radius 3 is 2.60 bits per heavy atom. The number of nitrogens with zero attached hydrogens (tertiary/aromatic N) is 1. The van der Waals surface area contributed by atoms with Crippen LogP contribution in [0, 0.1) is 23.6 Å². The van der Waals surface area contributed by atoms with Crippen LogP contribution >= 0.6 is 0 Å². The number of carboxylic acids is 1. The maximum Gasteiger partial charge on any atom is 0.417 e. The predicted molar refractivity (Wildman–Crippen MR) is 140 cm³/mol. The summed E-state index contributed by atoms with van der Waals surface area (Å²) in [7, 11) is 0. The lowest BCUT2D eigenvalue weighted by atomic mass is 9.99. The van der Waals surface area contributed by atoms with Gasteiger partial charge in [-0.15, -0.1) is 0 Å². The predicted octanol–water partition coefficient (Wildman–Crippen LogP) is 6.70. The number of halogens is 4. The second kappa shape index (κ2) is 11.1. The molecule has 0 spiro atoms. The maximum absolute atomic E-state index is 14.6. The second-order valence-corrected chi connectivity index (χ2v) is 10.7. The minimum Gasteiger partial charge on any atom is -0.489 e. The number of hydrogen-bond donors (Lipinski definition) is 2. The fraction of sp³-hybridized carbons (Fsp3) is 0.400. The normalized spacial score (nSPS) is 22.4. The number of aliphatic hydroxyl groups is 1. The van der Waals surface area contributed by atoms with Crippen LogP contribution in [-0.2, 0) is 22.3 Å². The Kier molecular flexibility index (Phi) is 8.12. The van der Waals surface area contributed by atoms with Crippen LogP contribution in [0.2, 0.25) is 0 Å². The van der Waals surface area contributed by atoms with Crippen molar-refractivity contribution in [3.05, 3.63) is 83.0 Å². The van der Waals surface area contributed by atoms with Gasteiger partial charge < -0.3 is 19.7 Å². The highest BCUT2D eigenvalue weighted by molar-refractivity contribution is 5.77. The third-order valence-electron chi connectivity index (χ3n) is 7.20. The van der Waals surface area contributed by atoms with Crippen molar-refractivity contribution in [1.29, 1.82) is 0 Å². The molecule has 4 rings (SSSR count). The molecule has 2 aliphatic carbocycles. The van der Waals surface area contributed by atoms with Crippen LogP contribution in [0.3, 0.4) is 0 Å². The molecule has 3 unspecified atom stereocenters. The molecule has 2 aliphatic rings. The van der Waals surface area contributed by atoms with Crippen LogP contribution in [0.4, 0.5) is 17.6 Å². The second-order valence-electron chi connectivity index (χ2n) is 10.7. The standard InChI is InChI=1S/C30H31F4NO5/c1-5-20-18(12-21-26(20)27(21)28(36)37)10-16(2)40-15-19-11-17(6-7-24(19)31)22-14-35-25(13-23(22)30(32,33)34)39-9-8-29(3,4)38/h5-7,10-11,13-14,21,26-27,38H,2,8-9,12,15H2,1,3-4H3,(H,36,37)/b18-10-,20-5+. The van der Waals surface area contributed by atoms with E-state index >= 15 is 0 Å². The van der Waals surface area contributed by atoms with E-state index in [1.165, 1.54) is 12.1 Å². The topological polar surface area (TPSA) is 88.9 Å². The van der Waals surface area contributed by atoms with Gasteiger partial charge in [-0.2, -0.15) is 13.2 Å². The average molecular weight is 562 g/mol. The molecule has 0 bridgehead atoms. The largest absolute Gasteiger partial charge is 0.489 e. The molecule has 10 heteroatoms. The van der Waals surface area contributed by atoms with Gasteiger partial charge in [0.1, 0.15) is 18.2 Å². The molecule has 1 heterocycles. The summed E-state index contributed by atoms with van der Waals surface area (Å²) in [4.78, 5) is 15.3. The number of allylic oxidation sites excluding steroid dienone is 4. The highest BCUT2D eigenvalue weighted by atomic mass is 19.4. The highest BCUT2D eigenvalue weighted by Crippen LogP contribution is 2.62. The van der Waals surface area contributed by atoms with Gasteiger partial charge in [0.15, 0.2) is 0 Å². The zero-order valence-corrected chi connectivity index (χ0v) is 22.4. The Bertz CT molecular complexity index is 1370. The number of benzene rings is 1. The smallest absolute Gasteiger partial charge is 0.417 e. The summed E-state index contributed by atoms with van der Waals surface area (Å²) in [6.45, 7) is 8.51. The number of carboxylic acid groups (broad SMARTS) is 1. The van der Waals surface area contributed by atoms with Crippen LogP contribution in [0.25, 0.3) is 11.1 Å². The number of fused-ring (bicyclic) bond motifs is 1. The molecule has 0 aliphatic heterocycles. The van der Waals surface area contributed by atoms with Crippen LogP contribution < -0.4 is 4.74 Å². The summed E-state index contributed by atoms with van der Waals surface area (Å²) in [5.74, 6) is -1.82. The first-order valence-corrected chi connectivity index (χ1v) is 12.8. The maximum atomic E-state index is 14.6. The minimum absolute atomic E-state index is 0.0228. The van der Waals surface area contributed by atoms with Crippen LogP contribution in [0.5, 0.6) is 5.88 Å². The summed E-state index contributed by atoms with van der Waals surface area (Å²) in [6, 6.07) is 4.36. The summed E-state index contributed by atoms with van der Waals surface area (Å²) in [5.41, 5.74) is -0.306.